The molecule has 2 aliphatic rings. The number of nitrogens with zero attached hydrogens (tertiary/aromatic N) is 2. The summed E-state index contributed by atoms with van der Waals surface area (Å²) in [5.41, 5.74) is 1.02. The molecule has 0 saturated carbocycles. The van der Waals surface area contributed by atoms with Gasteiger partial charge in [0.15, 0.2) is 0 Å². The van der Waals surface area contributed by atoms with Crippen LogP contribution in [0.4, 0.5) is 24.7 Å². The van der Waals surface area contributed by atoms with E-state index in [0.29, 0.717) is 43.1 Å². The van der Waals surface area contributed by atoms with Crippen LogP contribution in [0, 0.1) is 12.3 Å². The molecule has 0 radical (unpaired) electrons. The summed E-state index contributed by atoms with van der Waals surface area (Å²) in [6.45, 7) is 4.66. The minimum Gasteiger partial charge on any atom is -0.380 e. The Balaban J connectivity index is 1.50. The van der Waals surface area contributed by atoms with Crippen LogP contribution in [0.1, 0.15) is 34.3 Å². The molecule has 0 bridgehead atoms. The van der Waals surface area contributed by atoms with Crippen molar-refractivity contribution < 1.29 is 22.7 Å². The van der Waals surface area contributed by atoms with Crippen LogP contribution < -0.4 is 5.32 Å². The van der Waals surface area contributed by atoms with Gasteiger partial charge in [-0.15, -0.1) is 0 Å². The van der Waals surface area contributed by atoms with Gasteiger partial charge < -0.3 is 15.0 Å². The maximum atomic E-state index is 13.5. The maximum Gasteiger partial charge on any atom is 0.416 e. The minimum atomic E-state index is -4.43. The number of benzene rings is 2. The lowest BCUT2D eigenvalue weighted by Gasteiger charge is -2.48. The van der Waals surface area contributed by atoms with Crippen molar-refractivity contribution in [3.63, 3.8) is 0 Å². The van der Waals surface area contributed by atoms with E-state index in [1.807, 2.05) is 30.0 Å². The number of ether oxygens (including phenoxy) is 1. The van der Waals surface area contributed by atoms with E-state index in [1.165, 1.54) is 12.3 Å². The molecule has 1 aromatic heterocycles. The van der Waals surface area contributed by atoms with E-state index in [9.17, 15) is 18.0 Å². The largest absolute Gasteiger partial charge is 0.416 e. The second-order valence-electron chi connectivity index (χ2n) is 9.04. The fourth-order valence-corrected chi connectivity index (χ4v) is 4.84. The minimum absolute atomic E-state index is 0.0666. The van der Waals surface area contributed by atoms with Gasteiger partial charge in [0.25, 0.3) is 5.91 Å². The summed E-state index contributed by atoms with van der Waals surface area (Å²) in [5.74, 6) is 0.338. The van der Waals surface area contributed by atoms with Crippen LogP contribution in [-0.2, 0) is 10.9 Å². The average molecular weight is 455 g/mol. The van der Waals surface area contributed by atoms with Gasteiger partial charge in [0, 0.05) is 41.2 Å². The smallest absolute Gasteiger partial charge is 0.380 e. The van der Waals surface area contributed by atoms with Crippen molar-refractivity contribution in [3.05, 3.63) is 65.4 Å². The Morgan fingerprint density at radius 3 is 2.70 bits per heavy atom. The van der Waals surface area contributed by atoms with E-state index in [2.05, 4.69) is 10.3 Å². The van der Waals surface area contributed by atoms with Gasteiger partial charge >= 0.3 is 6.18 Å². The zero-order valence-electron chi connectivity index (χ0n) is 18.2. The molecule has 2 aromatic carbocycles. The summed E-state index contributed by atoms with van der Waals surface area (Å²) in [4.78, 5) is 19.9. The van der Waals surface area contributed by atoms with E-state index in [0.717, 1.165) is 35.9 Å². The van der Waals surface area contributed by atoms with Crippen LogP contribution in [-0.4, -0.2) is 42.1 Å². The lowest BCUT2D eigenvalue weighted by Crippen LogP contribution is -2.55. The molecular weight excluding hydrogens is 431 g/mol. The highest BCUT2D eigenvalue weighted by Gasteiger charge is 2.43. The number of amides is 1. The van der Waals surface area contributed by atoms with Gasteiger partial charge in [-0.05, 0) is 43.5 Å². The lowest BCUT2D eigenvalue weighted by molar-refractivity contribution is -0.138. The number of nitrogens with one attached hydrogen (secondary N) is 1. The van der Waals surface area contributed by atoms with Crippen molar-refractivity contribution in [2.75, 3.05) is 31.6 Å². The molecule has 3 heterocycles. The van der Waals surface area contributed by atoms with Gasteiger partial charge in [-0.2, -0.15) is 13.2 Å². The number of piperidine rings is 1. The molecule has 8 heteroatoms. The molecule has 0 unspecified atom stereocenters. The molecular formula is C25H24F3N3O2. The van der Waals surface area contributed by atoms with E-state index < -0.39 is 11.7 Å². The van der Waals surface area contributed by atoms with Crippen molar-refractivity contribution in [2.24, 2.45) is 5.41 Å². The van der Waals surface area contributed by atoms with Crippen LogP contribution >= 0.6 is 0 Å². The number of likely N-dealkylation sites (tertiary alicyclic amines) is 1. The van der Waals surface area contributed by atoms with Gasteiger partial charge in [0.2, 0.25) is 0 Å². The Morgan fingerprint density at radius 1 is 1.18 bits per heavy atom. The fraction of sp³-hybridized carbons (Fsp3) is 0.360. The summed E-state index contributed by atoms with van der Waals surface area (Å²) in [5, 5.41) is 4.46. The molecule has 0 aliphatic carbocycles. The van der Waals surface area contributed by atoms with Crippen molar-refractivity contribution >= 4 is 28.2 Å². The van der Waals surface area contributed by atoms with E-state index in [-0.39, 0.29) is 17.0 Å². The summed E-state index contributed by atoms with van der Waals surface area (Å²) in [7, 11) is 0. The number of hydrogen-bond acceptors (Lipinski definition) is 4. The fourth-order valence-electron chi connectivity index (χ4n) is 4.84. The maximum absolute atomic E-state index is 13.5. The SMILES string of the molecule is Cc1cccc2c(Nc3cccc(C(F)(F)F)c3)ncc(C(=O)N3CCCC4(COC4)C3)c12. The third-order valence-corrected chi connectivity index (χ3v) is 6.57. The van der Waals surface area contributed by atoms with Crippen LogP contribution in [0.25, 0.3) is 10.8 Å². The average Bonchev–Trinajstić information content (AvgIpc) is 2.78. The summed E-state index contributed by atoms with van der Waals surface area (Å²) < 4.78 is 44.8. The highest BCUT2D eigenvalue weighted by atomic mass is 19.4. The first-order valence-electron chi connectivity index (χ1n) is 11.0. The van der Waals surface area contributed by atoms with Crippen molar-refractivity contribution in [2.45, 2.75) is 25.9 Å². The molecule has 0 atom stereocenters. The number of carbonyl (C=O) groups excluding carboxylic acids is 1. The first-order chi connectivity index (χ1) is 15.8. The standard InChI is InChI=1S/C25H24F3N3O2/c1-16-5-2-8-19-21(16)20(23(32)31-10-4-9-24(13-31)14-33-15-24)12-29-22(19)30-18-7-3-6-17(11-18)25(26,27)28/h2-3,5-8,11-12H,4,9-10,13-15H2,1H3,(H,29,30). The molecule has 172 valence electrons. The van der Waals surface area contributed by atoms with E-state index in [4.69, 9.17) is 4.74 Å². The molecule has 5 nitrogen and oxygen atoms in total. The number of fused-ring (bicyclic) bond motifs is 1. The Kier molecular flexibility index (Phi) is 5.28. The number of halogens is 3. The molecule has 33 heavy (non-hydrogen) atoms. The number of anilines is 2. The second-order valence-corrected chi connectivity index (χ2v) is 9.04. The molecule has 1 amide bonds. The zero-order chi connectivity index (χ0) is 23.2. The van der Waals surface area contributed by atoms with Crippen LogP contribution in [0.5, 0.6) is 0 Å². The molecule has 2 aliphatic heterocycles. The summed E-state index contributed by atoms with van der Waals surface area (Å²) >= 11 is 0. The second kappa shape index (κ2) is 8.02. The molecule has 1 N–H and O–H groups in total. The Hall–Kier alpha value is -3.13. The summed E-state index contributed by atoms with van der Waals surface area (Å²) in [6, 6.07) is 10.6. The van der Waals surface area contributed by atoms with Crippen molar-refractivity contribution in [3.8, 4) is 0 Å². The van der Waals surface area contributed by atoms with E-state index in [1.54, 1.807) is 6.07 Å². The van der Waals surface area contributed by atoms with Gasteiger partial charge in [0.1, 0.15) is 5.82 Å². The third-order valence-electron chi connectivity index (χ3n) is 6.57. The number of aryl methyl sites for hydroxylation is 1. The number of alkyl halides is 3. The predicted octanol–water partition coefficient (Wildman–Crippen LogP) is 5.56. The highest BCUT2D eigenvalue weighted by Crippen LogP contribution is 2.38. The van der Waals surface area contributed by atoms with E-state index >= 15 is 0 Å². The normalized spacial score (nSPS) is 17.8. The first kappa shape index (κ1) is 21.7. The monoisotopic (exact) mass is 455 g/mol. The van der Waals surface area contributed by atoms with Crippen molar-refractivity contribution in [1.82, 2.24) is 9.88 Å². The lowest BCUT2D eigenvalue weighted by atomic mass is 9.78. The van der Waals surface area contributed by atoms with Crippen LogP contribution in [0.3, 0.4) is 0 Å². The van der Waals surface area contributed by atoms with Gasteiger partial charge in [-0.1, -0.05) is 24.3 Å². The predicted molar refractivity (Wildman–Crippen MR) is 120 cm³/mol. The Morgan fingerprint density at radius 2 is 1.97 bits per heavy atom. The number of carbonyl (C=O) groups is 1. The topological polar surface area (TPSA) is 54.5 Å². The number of rotatable bonds is 3. The van der Waals surface area contributed by atoms with Gasteiger partial charge in [0.05, 0.1) is 24.3 Å². The summed E-state index contributed by atoms with van der Waals surface area (Å²) in [6.07, 6.45) is -0.896. The van der Waals surface area contributed by atoms with Crippen LogP contribution in [0.2, 0.25) is 0 Å². The molecule has 3 aromatic rings. The molecule has 2 fully saturated rings. The first-order valence-corrected chi connectivity index (χ1v) is 11.0. The zero-order valence-corrected chi connectivity index (χ0v) is 18.2. The number of pyridine rings is 1. The quantitative estimate of drug-likeness (QED) is 0.562. The van der Waals surface area contributed by atoms with Crippen molar-refractivity contribution in [1.29, 1.82) is 0 Å². The molecule has 1 spiro atoms. The number of hydrogen-bond donors (Lipinski definition) is 1. The Bertz CT molecular complexity index is 1220. The van der Waals surface area contributed by atoms with Gasteiger partial charge in [-0.25, -0.2) is 4.98 Å². The molecule has 2 saturated heterocycles. The Labute approximate surface area is 189 Å². The third kappa shape index (κ3) is 4.04. The number of aromatic nitrogens is 1. The highest BCUT2D eigenvalue weighted by molar-refractivity contribution is 6.10. The molecule has 5 rings (SSSR count). The van der Waals surface area contributed by atoms with Crippen LogP contribution in [0.15, 0.2) is 48.7 Å². The van der Waals surface area contributed by atoms with Gasteiger partial charge in [-0.3, -0.25) is 4.79 Å².